The number of tetrazole rings is 1. The largest absolute Gasteiger partial charge is 0.297 e. The molecule has 1 saturated heterocycles. The summed E-state index contributed by atoms with van der Waals surface area (Å²) in [4.78, 5) is 9.38. The maximum Gasteiger partial charge on any atom is 0.178 e. The van der Waals surface area contributed by atoms with Crippen LogP contribution in [0.2, 0.25) is 0 Å². The Kier molecular flexibility index (Phi) is 7.07. The second-order valence-electron chi connectivity index (χ2n) is 9.03. The van der Waals surface area contributed by atoms with Gasteiger partial charge in [0.05, 0.1) is 11.7 Å². The van der Waals surface area contributed by atoms with Crippen LogP contribution in [0.5, 0.6) is 0 Å². The highest BCUT2D eigenvalue weighted by Gasteiger charge is 2.31. The van der Waals surface area contributed by atoms with Gasteiger partial charge in [-0.2, -0.15) is 4.68 Å². The maximum atomic E-state index is 4.54. The Morgan fingerprint density at radius 2 is 1.66 bits per heavy atom. The van der Waals surface area contributed by atoms with Crippen LogP contribution in [0.4, 0.5) is 0 Å². The van der Waals surface area contributed by atoms with Crippen molar-refractivity contribution in [2.75, 3.05) is 32.7 Å². The monoisotopic (exact) mass is 465 g/mol. The quantitative estimate of drug-likeness (QED) is 0.410. The minimum Gasteiger partial charge on any atom is -0.297 e. The average Bonchev–Trinajstić information content (AvgIpc) is 3.35. The molecule has 1 aliphatic heterocycles. The van der Waals surface area contributed by atoms with Crippen LogP contribution in [0, 0.1) is 13.8 Å². The normalized spacial score (nSPS) is 16.1. The Morgan fingerprint density at radius 3 is 2.37 bits per heavy atom. The van der Waals surface area contributed by atoms with Crippen molar-refractivity contribution in [3.63, 3.8) is 0 Å². The lowest BCUT2D eigenvalue weighted by atomic mass is 10.0. The van der Waals surface area contributed by atoms with Crippen molar-refractivity contribution in [1.29, 1.82) is 0 Å². The van der Waals surface area contributed by atoms with E-state index in [1.807, 2.05) is 29.2 Å². The lowest BCUT2D eigenvalue weighted by Gasteiger charge is -2.38. The molecule has 5 rings (SSSR count). The number of piperazine rings is 1. The standard InChI is InChI=1S/C28H31N7/c1-22-9-6-10-23(2)26(22)35-28(30-31-32-35)27(25-14-7-15-29-21-25)34-19-17-33(18-20-34)16-8-13-24-11-4-3-5-12-24/h3-15,21,27H,16-20H2,1-2H3/b13-8+. The van der Waals surface area contributed by atoms with Gasteiger partial charge in [0.25, 0.3) is 0 Å². The zero-order chi connectivity index (χ0) is 24.0. The fourth-order valence-corrected chi connectivity index (χ4v) is 4.83. The van der Waals surface area contributed by atoms with Gasteiger partial charge in [-0.3, -0.25) is 14.8 Å². The van der Waals surface area contributed by atoms with Gasteiger partial charge >= 0.3 is 0 Å². The Balaban J connectivity index is 1.37. The number of para-hydroxylation sites is 1. The highest BCUT2D eigenvalue weighted by atomic mass is 15.6. The van der Waals surface area contributed by atoms with E-state index in [1.54, 1.807) is 0 Å². The summed E-state index contributed by atoms with van der Waals surface area (Å²) >= 11 is 0. The van der Waals surface area contributed by atoms with Crippen molar-refractivity contribution in [3.05, 3.63) is 107 Å². The first kappa shape index (κ1) is 23.1. The molecule has 2 aromatic heterocycles. The van der Waals surface area contributed by atoms with Crippen molar-refractivity contribution in [2.45, 2.75) is 19.9 Å². The lowest BCUT2D eigenvalue weighted by molar-refractivity contribution is 0.113. The third-order valence-corrected chi connectivity index (χ3v) is 6.64. The second-order valence-corrected chi connectivity index (χ2v) is 9.03. The summed E-state index contributed by atoms with van der Waals surface area (Å²) in [5.41, 5.74) is 5.69. The molecule has 1 aliphatic rings. The molecule has 0 bridgehead atoms. The number of rotatable bonds is 7. The van der Waals surface area contributed by atoms with E-state index in [0.29, 0.717) is 0 Å². The maximum absolute atomic E-state index is 4.54. The Labute approximate surface area is 206 Å². The summed E-state index contributed by atoms with van der Waals surface area (Å²) in [6.07, 6.45) is 8.20. The van der Waals surface area contributed by atoms with E-state index < -0.39 is 0 Å². The van der Waals surface area contributed by atoms with Gasteiger partial charge < -0.3 is 0 Å². The summed E-state index contributed by atoms with van der Waals surface area (Å²) < 4.78 is 1.91. The Hall–Kier alpha value is -3.68. The second kappa shape index (κ2) is 10.7. The fraction of sp³-hybridized carbons (Fsp3) is 0.286. The topological polar surface area (TPSA) is 63.0 Å². The minimum absolute atomic E-state index is 0.0697. The van der Waals surface area contributed by atoms with E-state index in [-0.39, 0.29) is 6.04 Å². The number of hydrogen-bond acceptors (Lipinski definition) is 6. The Bertz CT molecular complexity index is 1240. The molecule has 178 valence electrons. The van der Waals surface area contributed by atoms with Crippen LogP contribution < -0.4 is 0 Å². The number of pyridine rings is 1. The van der Waals surface area contributed by atoms with Crippen LogP contribution in [-0.2, 0) is 0 Å². The highest BCUT2D eigenvalue weighted by molar-refractivity contribution is 5.49. The molecule has 7 nitrogen and oxygen atoms in total. The van der Waals surface area contributed by atoms with Crippen LogP contribution in [-0.4, -0.2) is 67.7 Å². The van der Waals surface area contributed by atoms with Gasteiger partial charge in [0.15, 0.2) is 5.82 Å². The number of benzene rings is 2. The van der Waals surface area contributed by atoms with E-state index in [0.717, 1.165) is 60.9 Å². The number of aromatic nitrogens is 5. The van der Waals surface area contributed by atoms with Gasteiger partial charge in [0.1, 0.15) is 0 Å². The molecule has 1 fully saturated rings. The van der Waals surface area contributed by atoms with Crippen LogP contribution in [0.25, 0.3) is 11.8 Å². The fourth-order valence-electron chi connectivity index (χ4n) is 4.83. The van der Waals surface area contributed by atoms with Gasteiger partial charge in [-0.05, 0) is 52.6 Å². The first-order valence-corrected chi connectivity index (χ1v) is 12.1. The molecular formula is C28H31N7. The zero-order valence-electron chi connectivity index (χ0n) is 20.3. The summed E-state index contributed by atoms with van der Waals surface area (Å²) in [6, 6.07) is 20.8. The molecule has 7 heteroatoms. The number of aryl methyl sites for hydroxylation is 2. The van der Waals surface area contributed by atoms with Crippen LogP contribution in [0.1, 0.15) is 34.1 Å². The number of hydrogen-bond donors (Lipinski definition) is 0. The summed E-state index contributed by atoms with van der Waals surface area (Å²) in [5, 5.41) is 13.1. The Morgan fingerprint density at radius 1 is 0.886 bits per heavy atom. The summed E-state index contributed by atoms with van der Waals surface area (Å²) in [5.74, 6) is 0.827. The highest BCUT2D eigenvalue weighted by Crippen LogP contribution is 2.30. The van der Waals surface area contributed by atoms with E-state index in [4.69, 9.17) is 0 Å². The van der Waals surface area contributed by atoms with Crippen molar-refractivity contribution < 1.29 is 0 Å². The van der Waals surface area contributed by atoms with E-state index in [2.05, 4.69) is 105 Å². The minimum atomic E-state index is -0.0697. The summed E-state index contributed by atoms with van der Waals surface area (Å²) in [6.45, 7) is 8.99. The molecule has 0 amide bonds. The van der Waals surface area contributed by atoms with Crippen LogP contribution >= 0.6 is 0 Å². The zero-order valence-corrected chi connectivity index (χ0v) is 20.3. The van der Waals surface area contributed by atoms with Gasteiger partial charge in [-0.25, -0.2) is 0 Å². The molecule has 0 radical (unpaired) electrons. The average molecular weight is 466 g/mol. The van der Waals surface area contributed by atoms with Crippen molar-refractivity contribution in [3.8, 4) is 5.69 Å². The smallest absolute Gasteiger partial charge is 0.178 e. The molecule has 2 aromatic carbocycles. The number of nitrogens with zero attached hydrogens (tertiary/aromatic N) is 7. The van der Waals surface area contributed by atoms with Crippen LogP contribution in [0.15, 0.2) is 79.1 Å². The molecule has 0 N–H and O–H groups in total. The predicted molar refractivity (Wildman–Crippen MR) is 138 cm³/mol. The lowest BCUT2D eigenvalue weighted by Crippen LogP contribution is -2.48. The third kappa shape index (κ3) is 5.21. The van der Waals surface area contributed by atoms with Gasteiger partial charge in [-0.15, -0.1) is 5.10 Å². The first-order valence-electron chi connectivity index (χ1n) is 12.1. The molecule has 4 aromatic rings. The van der Waals surface area contributed by atoms with Gasteiger partial charge in [0.2, 0.25) is 0 Å². The molecule has 35 heavy (non-hydrogen) atoms. The molecule has 0 spiro atoms. The molecular weight excluding hydrogens is 434 g/mol. The molecule has 0 aliphatic carbocycles. The van der Waals surface area contributed by atoms with Gasteiger partial charge in [-0.1, -0.05) is 66.7 Å². The third-order valence-electron chi connectivity index (χ3n) is 6.64. The molecule has 1 unspecified atom stereocenters. The predicted octanol–water partition coefficient (Wildman–Crippen LogP) is 4.09. The van der Waals surface area contributed by atoms with E-state index in [9.17, 15) is 0 Å². The first-order chi connectivity index (χ1) is 17.2. The van der Waals surface area contributed by atoms with Crippen molar-refractivity contribution >= 4 is 6.08 Å². The molecule has 3 heterocycles. The van der Waals surface area contributed by atoms with Crippen molar-refractivity contribution in [1.82, 2.24) is 35.0 Å². The molecule has 1 atom stereocenters. The van der Waals surface area contributed by atoms with Gasteiger partial charge in [0, 0.05) is 45.1 Å². The van der Waals surface area contributed by atoms with Crippen LogP contribution in [0.3, 0.4) is 0 Å². The van der Waals surface area contributed by atoms with Crippen molar-refractivity contribution in [2.24, 2.45) is 0 Å². The van der Waals surface area contributed by atoms with E-state index >= 15 is 0 Å². The SMILES string of the molecule is Cc1cccc(C)c1-n1nnnc1C(c1cccnc1)N1CCN(C/C=C/c2ccccc2)CC1. The molecule has 0 saturated carbocycles. The van der Waals surface area contributed by atoms with E-state index in [1.165, 1.54) is 5.56 Å². The summed E-state index contributed by atoms with van der Waals surface area (Å²) in [7, 11) is 0.